The molecule has 0 fully saturated rings. The number of ether oxygens (including phenoxy) is 1. The van der Waals surface area contributed by atoms with Crippen LogP contribution >= 0.6 is 0 Å². The van der Waals surface area contributed by atoms with E-state index < -0.39 is 0 Å². The number of esters is 1. The van der Waals surface area contributed by atoms with E-state index in [2.05, 4.69) is 21.1 Å². The van der Waals surface area contributed by atoms with E-state index in [9.17, 15) is 4.79 Å². The van der Waals surface area contributed by atoms with Crippen molar-refractivity contribution in [2.45, 2.75) is 0 Å². The van der Waals surface area contributed by atoms with Crippen LogP contribution in [0.2, 0.25) is 0 Å². The van der Waals surface area contributed by atoms with Crippen molar-refractivity contribution >= 4 is 16.7 Å². The van der Waals surface area contributed by atoms with Gasteiger partial charge in [-0.15, -0.1) is 0 Å². The van der Waals surface area contributed by atoms with Crippen LogP contribution in [0.15, 0.2) is 42.5 Å². The highest BCUT2D eigenvalue weighted by atomic mass is 16.5. The fourth-order valence-electron chi connectivity index (χ4n) is 1.81. The Morgan fingerprint density at radius 3 is 2.42 bits per heavy atom. The minimum absolute atomic E-state index is 0.251. The first-order chi connectivity index (χ1) is 8.96. The third-order valence-electron chi connectivity index (χ3n) is 2.98. The summed E-state index contributed by atoms with van der Waals surface area (Å²) in [5, 5.41) is 2.19. The predicted octanol–water partition coefficient (Wildman–Crippen LogP) is 2.70. The smallest absolute Gasteiger partial charge is 0.338 e. The second kappa shape index (κ2) is 5.41. The molecule has 0 aliphatic rings. The number of fused-ring (bicyclic) bond motifs is 1. The molecule has 0 amide bonds. The third kappa shape index (κ3) is 3.80. The van der Waals surface area contributed by atoms with E-state index in [1.807, 2.05) is 42.5 Å². The van der Waals surface area contributed by atoms with Crippen molar-refractivity contribution < 1.29 is 14.0 Å². The number of likely N-dealkylation sites (N-methyl/N-ethyl adjacent to an activating group) is 1. The van der Waals surface area contributed by atoms with Crippen molar-refractivity contribution in [1.29, 1.82) is 0 Å². The Morgan fingerprint density at radius 1 is 1.05 bits per heavy atom. The molecule has 0 heterocycles. The highest BCUT2D eigenvalue weighted by Gasteiger charge is 2.11. The maximum absolute atomic E-state index is 11.9. The molecule has 3 nitrogen and oxygen atoms in total. The minimum atomic E-state index is -0.251. The Bertz CT molecular complexity index is 585. The summed E-state index contributed by atoms with van der Waals surface area (Å²) >= 11 is 0. The summed E-state index contributed by atoms with van der Waals surface area (Å²) in [6, 6.07) is 13.6. The van der Waals surface area contributed by atoms with Crippen LogP contribution in [0.3, 0.4) is 0 Å². The van der Waals surface area contributed by atoms with Crippen LogP contribution in [0.5, 0.6) is 0 Å². The zero-order chi connectivity index (χ0) is 13.9. The van der Waals surface area contributed by atoms with E-state index >= 15 is 0 Å². The number of carbonyl (C=O) groups excluding carboxylic acids is 1. The van der Waals surface area contributed by atoms with E-state index in [0.29, 0.717) is 12.2 Å². The van der Waals surface area contributed by atoms with Crippen molar-refractivity contribution in [3.05, 3.63) is 48.0 Å². The number of rotatable bonds is 4. The SMILES string of the molecule is C[N+](C)(C)CCOC(=O)c1ccc2ccccc2c1. The van der Waals surface area contributed by atoms with Crippen molar-refractivity contribution in [3.63, 3.8) is 0 Å². The molecule has 19 heavy (non-hydrogen) atoms. The van der Waals surface area contributed by atoms with Crippen LogP contribution in [0.25, 0.3) is 10.8 Å². The molecule has 3 heteroatoms. The van der Waals surface area contributed by atoms with Gasteiger partial charge in [-0.05, 0) is 22.9 Å². The lowest BCUT2D eigenvalue weighted by atomic mass is 10.1. The monoisotopic (exact) mass is 258 g/mol. The highest BCUT2D eigenvalue weighted by Crippen LogP contribution is 2.16. The number of hydrogen-bond acceptors (Lipinski definition) is 2. The molecule has 0 saturated heterocycles. The van der Waals surface area contributed by atoms with Crippen molar-refractivity contribution in [1.82, 2.24) is 0 Å². The minimum Gasteiger partial charge on any atom is -0.456 e. The van der Waals surface area contributed by atoms with E-state index in [-0.39, 0.29) is 5.97 Å². The van der Waals surface area contributed by atoms with E-state index in [1.165, 1.54) is 0 Å². The molecule has 0 aromatic heterocycles. The van der Waals surface area contributed by atoms with Gasteiger partial charge in [0.25, 0.3) is 0 Å². The summed E-state index contributed by atoms with van der Waals surface area (Å²) in [5.41, 5.74) is 0.611. The molecule has 2 aromatic rings. The molecule has 0 atom stereocenters. The molecule has 2 aromatic carbocycles. The van der Waals surface area contributed by atoms with Crippen molar-refractivity contribution in [2.75, 3.05) is 34.3 Å². The predicted molar refractivity (Wildman–Crippen MR) is 77.1 cm³/mol. The lowest BCUT2D eigenvalue weighted by Crippen LogP contribution is -2.38. The molecule has 0 aliphatic carbocycles. The molecule has 0 bridgehead atoms. The first-order valence-electron chi connectivity index (χ1n) is 6.42. The summed E-state index contributed by atoms with van der Waals surface area (Å²) < 4.78 is 6.08. The lowest BCUT2D eigenvalue weighted by Gasteiger charge is -2.23. The summed E-state index contributed by atoms with van der Waals surface area (Å²) in [6.45, 7) is 1.24. The van der Waals surface area contributed by atoms with E-state index in [4.69, 9.17) is 4.74 Å². The number of carbonyl (C=O) groups is 1. The lowest BCUT2D eigenvalue weighted by molar-refractivity contribution is -0.870. The Kier molecular flexibility index (Phi) is 3.86. The van der Waals surface area contributed by atoms with Gasteiger partial charge in [0.15, 0.2) is 0 Å². The van der Waals surface area contributed by atoms with Crippen LogP contribution in [0.1, 0.15) is 10.4 Å². The average Bonchev–Trinajstić information content (AvgIpc) is 2.36. The van der Waals surface area contributed by atoms with Gasteiger partial charge >= 0.3 is 5.97 Å². The van der Waals surface area contributed by atoms with Gasteiger partial charge in [0.2, 0.25) is 0 Å². The van der Waals surface area contributed by atoms with Gasteiger partial charge in [0, 0.05) is 0 Å². The quantitative estimate of drug-likeness (QED) is 0.622. The summed E-state index contributed by atoms with van der Waals surface area (Å²) in [4.78, 5) is 11.9. The summed E-state index contributed by atoms with van der Waals surface area (Å²) in [6.07, 6.45) is 0. The van der Waals surface area contributed by atoms with Gasteiger partial charge in [-0.1, -0.05) is 30.3 Å². The average molecular weight is 258 g/mol. The topological polar surface area (TPSA) is 26.3 Å². The number of hydrogen-bond donors (Lipinski definition) is 0. The van der Waals surface area contributed by atoms with Crippen LogP contribution < -0.4 is 0 Å². The molecular weight excluding hydrogens is 238 g/mol. The van der Waals surface area contributed by atoms with Gasteiger partial charge in [0.05, 0.1) is 26.7 Å². The molecule has 0 aliphatic heterocycles. The van der Waals surface area contributed by atoms with Gasteiger partial charge < -0.3 is 9.22 Å². The van der Waals surface area contributed by atoms with E-state index in [0.717, 1.165) is 21.8 Å². The Labute approximate surface area is 114 Å². The zero-order valence-electron chi connectivity index (χ0n) is 11.7. The molecular formula is C16H20NO2+. The molecule has 0 saturated carbocycles. The van der Waals surface area contributed by atoms with Gasteiger partial charge in [-0.25, -0.2) is 4.79 Å². The van der Waals surface area contributed by atoms with Crippen LogP contribution in [0, 0.1) is 0 Å². The van der Waals surface area contributed by atoms with E-state index in [1.54, 1.807) is 0 Å². The third-order valence-corrected chi connectivity index (χ3v) is 2.98. The maximum atomic E-state index is 11.9. The maximum Gasteiger partial charge on any atom is 0.338 e. The molecule has 0 spiro atoms. The van der Waals surface area contributed by atoms with Gasteiger partial charge in [-0.2, -0.15) is 0 Å². The standard InChI is InChI=1S/C16H20NO2/c1-17(2,3)10-11-19-16(18)15-9-8-13-6-4-5-7-14(13)12-15/h4-9,12H,10-11H2,1-3H3/q+1. The van der Waals surface area contributed by atoms with Crippen LogP contribution in [-0.2, 0) is 4.74 Å². The highest BCUT2D eigenvalue weighted by molar-refractivity contribution is 5.95. The van der Waals surface area contributed by atoms with Crippen molar-refractivity contribution in [3.8, 4) is 0 Å². The molecule has 0 unspecified atom stereocenters. The Hall–Kier alpha value is -1.87. The molecule has 0 N–H and O–H groups in total. The van der Waals surface area contributed by atoms with Crippen molar-refractivity contribution in [2.24, 2.45) is 0 Å². The number of quaternary nitrogens is 1. The summed E-state index contributed by atoms with van der Waals surface area (Å²) in [5.74, 6) is -0.251. The van der Waals surface area contributed by atoms with Gasteiger partial charge in [0.1, 0.15) is 13.2 Å². The fraction of sp³-hybridized carbons (Fsp3) is 0.312. The number of nitrogens with zero attached hydrogens (tertiary/aromatic N) is 1. The summed E-state index contributed by atoms with van der Waals surface area (Å²) in [7, 11) is 6.22. The Balaban J connectivity index is 2.05. The first kappa shape index (κ1) is 13.6. The van der Waals surface area contributed by atoms with Gasteiger partial charge in [-0.3, -0.25) is 0 Å². The molecule has 100 valence electrons. The Morgan fingerprint density at radius 2 is 1.74 bits per heavy atom. The second-order valence-corrected chi connectivity index (χ2v) is 5.71. The van der Waals surface area contributed by atoms with Crippen LogP contribution in [0.4, 0.5) is 0 Å². The normalized spacial score (nSPS) is 11.5. The fourth-order valence-corrected chi connectivity index (χ4v) is 1.81. The first-order valence-corrected chi connectivity index (χ1v) is 6.42. The van der Waals surface area contributed by atoms with Crippen LogP contribution in [-0.4, -0.2) is 44.7 Å². The molecule has 0 radical (unpaired) electrons. The largest absolute Gasteiger partial charge is 0.456 e. The second-order valence-electron chi connectivity index (χ2n) is 5.71. The molecule has 2 rings (SSSR count). The number of benzene rings is 2. The zero-order valence-corrected chi connectivity index (χ0v) is 11.7.